The lowest BCUT2D eigenvalue weighted by Crippen LogP contribution is -1.96. The van der Waals surface area contributed by atoms with Crippen molar-refractivity contribution in [3.63, 3.8) is 0 Å². The van der Waals surface area contributed by atoms with Gasteiger partial charge < -0.3 is 4.74 Å². The Morgan fingerprint density at radius 2 is 1.93 bits per heavy atom. The maximum atomic E-state index is 5.73. The monoisotopic (exact) mass is 220 g/mol. The predicted octanol–water partition coefficient (Wildman–Crippen LogP) is 2.71. The van der Waals surface area contributed by atoms with Gasteiger partial charge in [0.15, 0.2) is 0 Å². The summed E-state index contributed by atoms with van der Waals surface area (Å²) in [5.74, 6) is 0.527. The summed E-state index contributed by atoms with van der Waals surface area (Å²) in [4.78, 5) is 7.94. The number of pyridine rings is 2. The van der Waals surface area contributed by atoms with Gasteiger partial charge in [0.1, 0.15) is 11.8 Å². The van der Waals surface area contributed by atoms with E-state index in [1.165, 1.54) is 0 Å². The van der Waals surface area contributed by atoms with Gasteiger partial charge in [0.2, 0.25) is 5.88 Å². The van der Waals surface area contributed by atoms with E-state index in [4.69, 9.17) is 16.3 Å². The molecule has 0 saturated carbocycles. The molecule has 0 saturated heterocycles. The molecule has 3 nitrogen and oxygen atoms in total. The van der Waals surface area contributed by atoms with Crippen molar-refractivity contribution in [1.82, 2.24) is 9.97 Å². The number of rotatable bonds is 3. The normalized spacial score (nSPS) is 9.93. The Balaban J connectivity index is 1.99. The first-order valence-corrected chi connectivity index (χ1v) is 4.86. The van der Waals surface area contributed by atoms with Crippen LogP contribution in [0.4, 0.5) is 0 Å². The summed E-state index contributed by atoms with van der Waals surface area (Å²) in [5, 5.41) is 0.433. The molecule has 0 radical (unpaired) electrons. The van der Waals surface area contributed by atoms with Gasteiger partial charge in [-0.25, -0.2) is 4.98 Å². The molecule has 0 spiro atoms. The van der Waals surface area contributed by atoms with E-state index in [1.54, 1.807) is 30.6 Å². The van der Waals surface area contributed by atoms with Crippen molar-refractivity contribution >= 4 is 11.6 Å². The highest BCUT2D eigenvalue weighted by Gasteiger charge is 1.97. The first kappa shape index (κ1) is 9.93. The highest BCUT2D eigenvalue weighted by molar-refractivity contribution is 6.29. The molecule has 0 unspecified atom stereocenters. The molecular weight excluding hydrogens is 212 g/mol. The molecule has 0 N–H and O–H groups in total. The average Bonchev–Trinajstić information content (AvgIpc) is 2.28. The van der Waals surface area contributed by atoms with Crippen LogP contribution in [-0.4, -0.2) is 9.97 Å². The Morgan fingerprint density at radius 1 is 1.13 bits per heavy atom. The first-order chi connectivity index (χ1) is 7.34. The van der Waals surface area contributed by atoms with Gasteiger partial charge in [0.25, 0.3) is 0 Å². The largest absolute Gasteiger partial charge is 0.473 e. The molecule has 15 heavy (non-hydrogen) atoms. The van der Waals surface area contributed by atoms with Crippen LogP contribution in [0.15, 0.2) is 42.7 Å². The number of nitrogens with zero attached hydrogens (tertiary/aromatic N) is 2. The molecule has 0 atom stereocenters. The Morgan fingerprint density at radius 3 is 2.67 bits per heavy atom. The molecule has 0 fully saturated rings. The number of hydrogen-bond acceptors (Lipinski definition) is 3. The summed E-state index contributed by atoms with van der Waals surface area (Å²) in [7, 11) is 0. The van der Waals surface area contributed by atoms with Crippen LogP contribution in [-0.2, 0) is 6.61 Å². The van der Waals surface area contributed by atoms with Gasteiger partial charge in [0, 0.05) is 18.5 Å². The summed E-state index contributed by atoms with van der Waals surface area (Å²) in [6.45, 7) is 0.468. The topological polar surface area (TPSA) is 35.0 Å². The van der Waals surface area contributed by atoms with Crippen molar-refractivity contribution in [3.8, 4) is 5.88 Å². The van der Waals surface area contributed by atoms with Crippen molar-refractivity contribution in [2.24, 2.45) is 0 Å². The molecule has 0 aliphatic rings. The Hall–Kier alpha value is -1.61. The van der Waals surface area contributed by atoms with Crippen LogP contribution < -0.4 is 4.74 Å². The van der Waals surface area contributed by atoms with Crippen molar-refractivity contribution < 1.29 is 4.74 Å². The zero-order chi connectivity index (χ0) is 10.5. The van der Waals surface area contributed by atoms with Crippen LogP contribution in [0.1, 0.15) is 5.56 Å². The second kappa shape index (κ2) is 4.75. The maximum Gasteiger partial charge on any atom is 0.214 e. The van der Waals surface area contributed by atoms with Crippen LogP contribution in [0.25, 0.3) is 0 Å². The molecule has 2 rings (SSSR count). The van der Waals surface area contributed by atoms with Gasteiger partial charge in [0.05, 0.1) is 0 Å². The summed E-state index contributed by atoms with van der Waals surface area (Å²) in [6, 6.07) is 9.07. The fourth-order valence-electron chi connectivity index (χ4n) is 1.11. The highest BCUT2D eigenvalue weighted by atomic mass is 35.5. The van der Waals surface area contributed by atoms with Crippen molar-refractivity contribution in [2.45, 2.75) is 6.61 Å². The van der Waals surface area contributed by atoms with E-state index >= 15 is 0 Å². The minimum Gasteiger partial charge on any atom is -0.473 e. The van der Waals surface area contributed by atoms with Crippen LogP contribution in [0, 0.1) is 0 Å². The van der Waals surface area contributed by atoms with E-state index < -0.39 is 0 Å². The summed E-state index contributed by atoms with van der Waals surface area (Å²) < 4.78 is 5.45. The predicted molar refractivity (Wildman–Crippen MR) is 57.8 cm³/mol. The summed E-state index contributed by atoms with van der Waals surface area (Å²) in [6.07, 6.45) is 3.45. The van der Waals surface area contributed by atoms with Crippen LogP contribution in [0.3, 0.4) is 0 Å². The van der Waals surface area contributed by atoms with Crippen molar-refractivity contribution in [3.05, 3.63) is 53.4 Å². The number of ether oxygens (including phenoxy) is 1. The number of halogens is 1. The first-order valence-electron chi connectivity index (χ1n) is 4.49. The van der Waals surface area contributed by atoms with Gasteiger partial charge in [-0.05, 0) is 23.8 Å². The van der Waals surface area contributed by atoms with E-state index in [0.29, 0.717) is 17.6 Å². The van der Waals surface area contributed by atoms with Gasteiger partial charge in [-0.1, -0.05) is 17.7 Å². The lowest BCUT2D eigenvalue weighted by Gasteiger charge is -2.04. The third kappa shape index (κ3) is 2.92. The summed E-state index contributed by atoms with van der Waals surface area (Å²) >= 11 is 5.73. The molecule has 0 aliphatic carbocycles. The standard InChI is InChI=1S/C11H9ClN2O/c12-10-2-1-3-11(14-10)15-8-9-4-6-13-7-5-9/h1-7H,8H2. The average molecular weight is 221 g/mol. The molecule has 0 aliphatic heterocycles. The third-order valence-corrected chi connectivity index (χ3v) is 2.04. The van der Waals surface area contributed by atoms with Gasteiger partial charge in [-0.3, -0.25) is 4.98 Å². The molecular formula is C11H9ClN2O. The van der Waals surface area contributed by atoms with E-state index in [0.717, 1.165) is 5.56 Å². The minimum absolute atomic E-state index is 0.433. The van der Waals surface area contributed by atoms with Gasteiger partial charge in [-0.2, -0.15) is 0 Å². The third-order valence-electron chi connectivity index (χ3n) is 1.83. The number of hydrogen-bond donors (Lipinski definition) is 0. The zero-order valence-corrected chi connectivity index (χ0v) is 8.69. The Bertz CT molecular complexity index is 434. The van der Waals surface area contributed by atoms with Gasteiger partial charge >= 0.3 is 0 Å². The van der Waals surface area contributed by atoms with E-state index in [9.17, 15) is 0 Å². The molecule has 76 valence electrons. The second-order valence-corrected chi connectivity index (χ2v) is 3.33. The Labute approximate surface area is 92.7 Å². The van der Waals surface area contributed by atoms with E-state index in [1.807, 2.05) is 12.1 Å². The minimum atomic E-state index is 0.433. The lowest BCUT2D eigenvalue weighted by molar-refractivity contribution is 0.294. The molecule has 2 heterocycles. The SMILES string of the molecule is Clc1cccc(OCc2ccncc2)n1. The molecule has 2 aromatic rings. The van der Waals surface area contributed by atoms with Gasteiger partial charge in [-0.15, -0.1) is 0 Å². The molecule has 0 aromatic carbocycles. The molecule has 0 bridgehead atoms. The second-order valence-electron chi connectivity index (χ2n) is 2.94. The lowest BCUT2D eigenvalue weighted by atomic mass is 10.3. The van der Waals surface area contributed by atoms with Crippen LogP contribution in [0.5, 0.6) is 5.88 Å². The quantitative estimate of drug-likeness (QED) is 0.746. The number of aromatic nitrogens is 2. The summed E-state index contributed by atoms with van der Waals surface area (Å²) in [5.41, 5.74) is 1.05. The van der Waals surface area contributed by atoms with Crippen molar-refractivity contribution in [1.29, 1.82) is 0 Å². The molecule has 0 amide bonds. The maximum absolute atomic E-state index is 5.73. The zero-order valence-electron chi connectivity index (χ0n) is 7.93. The fourth-order valence-corrected chi connectivity index (χ4v) is 1.26. The van der Waals surface area contributed by atoms with Crippen LogP contribution >= 0.6 is 11.6 Å². The van der Waals surface area contributed by atoms with Crippen LogP contribution in [0.2, 0.25) is 5.15 Å². The molecule has 2 aromatic heterocycles. The highest BCUT2D eigenvalue weighted by Crippen LogP contribution is 2.12. The smallest absolute Gasteiger partial charge is 0.214 e. The van der Waals surface area contributed by atoms with Crippen molar-refractivity contribution in [2.75, 3.05) is 0 Å². The fraction of sp³-hybridized carbons (Fsp3) is 0.0909. The molecule has 4 heteroatoms. The van der Waals surface area contributed by atoms with E-state index in [2.05, 4.69) is 9.97 Å². The van der Waals surface area contributed by atoms with E-state index in [-0.39, 0.29) is 0 Å². The Kier molecular flexibility index (Phi) is 3.15.